The van der Waals surface area contributed by atoms with Crippen molar-refractivity contribution in [1.29, 1.82) is 0 Å². The molecule has 0 saturated heterocycles. The summed E-state index contributed by atoms with van der Waals surface area (Å²) in [6, 6.07) is 1.35. The quantitative estimate of drug-likeness (QED) is 0.678. The van der Waals surface area contributed by atoms with Crippen molar-refractivity contribution < 1.29 is 9.13 Å². The molecule has 12 heavy (non-hydrogen) atoms. The zero-order chi connectivity index (χ0) is 9.14. The molecule has 0 fully saturated rings. The van der Waals surface area contributed by atoms with Gasteiger partial charge in [-0.2, -0.15) is 0 Å². The molecule has 0 bridgehead atoms. The fourth-order valence-electron chi connectivity index (χ4n) is 0.967. The van der Waals surface area contributed by atoms with E-state index in [1.807, 2.05) is 13.8 Å². The lowest BCUT2D eigenvalue weighted by Crippen LogP contribution is -1.97. The molecule has 1 rings (SSSR count). The molecule has 3 heteroatoms. The van der Waals surface area contributed by atoms with E-state index in [1.165, 1.54) is 19.4 Å². The first-order valence-electron chi connectivity index (χ1n) is 3.84. The summed E-state index contributed by atoms with van der Waals surface area (Å²) in [7, 11) is 1.49. The molecule has 0 aliphatic carbocycles. The second kappa shape index (κ2) is 3.52. The van der Waals surface area contributed by atoms with E-state index in [0.717, 1.165) is 0 Å². The lowest BCUT2D eigenvalue weighted by Gasteiger charge is -2.06. The Balaban J connectivity index is 3.03. The van der Waals surface area contributed by atoms with Gasteiger partial charge in [-0.3, -0.25) is 4.98 Å². The van der Waals surface area contributed by atoms with Crippen molar-refractivity contribution in [2.75, 3.05) is 7.11 Å². The topological polar surface area (TPSA) is 22.1 Å². The van der Waals surface area contributed by atoms with Gasteiger partial charge in [-0.1, -0.05) is 13.8 Å². The van der Waals surface area contributed by atoms with Crippen molar-refractivity contribution in [1.82, 2.24) is 4.98 Å². The Morgan fingerprint density at radius 1 is 1.50 bits per heavy atom. The number of aromatic nitrogens is 1. The van der Waals surface area contributed by atoms with Gasteiger partial charge in [-0.15, -0.1) is 0 Å². The van der Waals surface area contributed by atoms with Gasteiger partial charge >= 0.3 is 0 Å². The molecule has 0 N–H and O–H groups in total. The van der Waals surface area contributed by atoms with Crippen LogP contribution in [0.2, 0.25) is 0 Å². The lowest BCUT2D eigenvalue weighted by atomic mass is 10.1. The molecule has 1 aromatic rings. The van der Waals surface area contributed by atoms with Crippen molar-refractivity contribution in [3.63, 3.8) is 0 Å². The molecule has 1 heterocycles. The molecule has 1 aromatic heterocycles. The van der Waals surface area contributed by atoms with Crippen LogP contribution in [0.1, 0.15) is 25.5 Å². The van der Waals surface area contributed by atoms with Crippen LogP contribution in [-0.2, 0) is 0 Å². The van der Waals surface area contributed by atoms with Gasteiger partial charge < -0.3 is 4.74 Å². The summed E-state index contributed by atoms with van der Waals surface area (Å²) in [5, 5.41) is 0. The molecule has 0 aromatic carbocycles. The third-order valence-electron chi connectivity index (χ3n) is 1.63. The van der Waals surface area contributed by atoms with Crippen LogP contribution >= 0.6 is 0 Å². The molecule has 0 atom stereocenters. The zero-order valence-corrected chi connectivity index (χ0v) is 7.47. The van der Waals surface area contributed by atoms with Crippen LogP contribution < -0.4 is 4.74 Å². The number of methoxy groups -OCH3 is 1. The average Bonchev–Trinajstić information content (AvgIpc) is 2.03. The van der Waals surface area contributed by atoms with E-state index in [4.69, 9.17) is 4.74 Å². The van der Waals surface area contributed by atoms with E-state index in [2.05, 4.69) is 4.98 Å². The van der Waals surface area contributed by atoms with Crippen molar-refractivity contribution in [3.05, 3.63) is 23.8 Å². The van der Waals surface area contributed by atoms with Crippen LogP contribution in [0.25, 0.3) is 0 Å². The average molecular weight is 169 g/mol. The molecule has 0 unspecified atom stereocenters. The lowest BCUT2D eigenvalue weighted by molar-refractivity contribution is 0.407. The third kappa shape index (κ3) is 1.72. The standard InChI is InChI=1S/C9H12FNO/c1-6(2)9-8(10)4-7(12-3)5-11-9/h4-6H,1-3H3. The zero-order valence-electron chi connectivity index (χ0n) is 7.47. The molecule has 0 aliphatic rings. The Bertz CT molecular complexity index is 273. The minimum absolute atomic E-state index is 0.107. The number of pyridine rings is 1. The molecule has 0 radical (unpaired) electrons. The maximum atomic E-state index is 13.1. The second-order valence-corrected chi connectivity index (χ2v) is 2.90. The summed E-state index contributed by atoms with van der Waals surface area (Å²) >= 11 is 0. The number of halogens is 1. The monoisotopic (exact) mass is 169 g/mol. The highest BCUT2D eigenvalue weighted by Crippen LogP contribution is 2.19. The van der Waals surface area contributed by atoms with Crippen LogP contribution in [0.15, 0.2) is 12.3 Å². The van der Waals surface area contributed by atoms with Gasteiger partial charge in [0, 0.05) is 6.07 Å². The fraction of sp³-hybridized carbons (Fsp3) is 0.444. The molecule has 2 nitrogen and oxygen atoms in total. The number of hydrogen-bond acceptors (Lipinski definition) is 2. The van der Waals surface area contributed by atoms with Crippen LogP contribution in [0.3, 0.4) is 0 Å². The summed E-state index contributed by atoms with van der Waals surface area (Å²) in [5.41, 5.74) is 0.482. The van der Waals surface area contributed by atoms with Crippen LogP contribution in [0.5, 0.6) is 5.75 Å². The highest BCUT2D eigenvalue weighted by molar-refractivity contribution is 5.22. The Kier molecular flexibility index (Phi) is 2.63. The van der Waals surface area contributed by atoms with Crippen molar-refractivity contribution in [3.8, 4) is 5.75 Å². The van der Waals surface area contributed by atoms with E-state index in [9.17, 15) is 4.39 Å². The predicted octanol–water partition coefficient (Wildman–Crippen LogP) is 2.35. The van der Waals surface area contributed by atoms with Crippen molar-refractivity contribution in [2.24, 2.45) is 0 Å². The van der Waals surface area contributed by atoms with E-state index < -0.39 is 0 Å². The van der Waals surface area contributed by atoms with Gasteiger partial charge in [-0.25, -0.2) is 4.39 Å². The van der Waals surface area contributed by atoms with Crippen molar-refractivity contribution in [2.45, 2.75) is 19.8 Å². The second-order valence-electron chi connectivity index (χ2n) is 2.90. The molecule has 66 valence electrons. The SMILES string of the molecule is COc1cnc(C(C)C)c(F)c1. The minimum atomic E-state index is -0.302. The first-order valence-corrected chi connectivity index (χ1v) is 3.84. The predicted molar refractivity (Wildman–Crippen MR) is 44.8 cm³/mol. The number of nitrogens with zero attached hydrogens (tertiary/aromatic N) is 1. The van der Waals surface area contributed by atoms with Gasteiger partial charge in [0.15, 0.2) is 0 Å². The highest BCUT2D eigenvalue weighted by Gasteiger charge is 2.08. The van der Waals surface area contributed by atoms with Crippen LogP contribution in [-0.4, -0.2) is 12.1 Å². The molecule has 0 amide bonds. The number of hydrogen-bond donors (Lipinski definition) is 0. The maximum absolute atomic E-state index is 13.1. The summed E-state index contributed by atoms with van der Waals surface area (Å²) in [5.74, 6) is 0.261. The third-order valence-corrected chi connectivity index (χ3v) is 1.63. The summed E-state index contributed by atoms with van der Waals surface area (Å²) in [6.45, 7) is 3.80. The first-order chi connectivity index (χ1) is 5.65. The smallest absolute Gasteiger partial charge is 0.148 e. The fourth-order valence-corrected chi connectivity index (χ4v) is 0.967. The molecular formula is C9H12FNO. The van der Waals surface area contributed by atoms with Gasteiger partial charge in [0.1, 0.15) is 11.6 Å². The number of ether oxygens (including phenoxy) is 1. The Hall–Kier alpha value is -1.12. The van der Waals surface area contributed by atoms with Crippen molar-refractivity contribution >= 4 is 0 Å². The van der Waals surface area contributed by atoms with Crippen LogP contribution in [0, 0.1) is 5.82 Å². The molecular weight excluding hydrogens is 157 g/mol. The minimum Gasteiger partial charge on any atom is -0.495 e. The normalized spacial score (nSPS) is 10.4. The Morgan fingerprint density at radius 2 is 2.17 bits per heavy atom. The molecule has 0 spiro atoms. The summed E-state index contributed by atoms with van der Waals surface area (Å²) < 4.78 is 18.0. The Labute approximate surface area is 71.4 Å². The Morgan fingerprint density at radius 3 is 2.58 bits per heavy atom. The molecule has 0 saturated carbocycles. The van der Waals surface area contributed by atoms with E-state index in [0.29, 0.717) is 11.4 Å². The highest BCUT2D eigenvalue weighted by atomic mass is 19.1. The van der Waals surface area contributed by atoms with Gasteiger partial charge in [0.2, 0.25) is 0 Å². The van der Waals surface area contributed by atoms with Gasteiger partial charge in [0.25, 0.3) is 0 Å². The van der Waals surface area contributed by atoms with E-state index in [-0.39, 0.29) is 11.7 Å². The maximum Gasteiger partial charge on any atom is 0.148 e. The van der Waals surface area contributed by atoms with E-state index >= 15 is 0 Å². The summed E-state index contributed by atoms with van der Waals surface area (Å²) in [4.78, 5) is 3.95. The van der Waals surface area contributed by atoms with Crippen LogP contribution in [0.4, 0.5) is 4.39 Å². The van der Waals surface area contributed by atoms with Gasteiger partial charge in [0.05, 0.1) is 19.0 Å². The summed E-state index contributed by atoms with van der Waals surface area (Å²) in [6.07, 6.45) is 1.53. The number of rotatable bonds is 2. The van der Waals surface area contributed by atoms with Gasteiger partial charge in [-0.05, 0) is 5.92 Å². The first kappa shape index (κ1) is 8.97. The van der Waals surface area contributed by atoms with E-state index in [1.54, 1.807) is 0 Å². The molecule has 0 aliphatic heterocycles. The largest absolute Gasteiger partial charge is 0.495 e.